The summed E-state index contributed by atoms with van der Waals surface area (Å²) >= 11 is -0.0761. The van der Waals surface area contributed by atoms with Crippen LogP contribution in [0.3, 0.4) is 0 Å². The summed E-state index contributed by atoms with van der Waals surface area (Å²) in [5, 5.41) is 0. The summed E-state index contributed by atoms with van der Waals surface area (Å²) in [5.41, 5.74) is 0. The molecule has 2 heteroatoms. The van der Waals surface area contributed by atoms with Crippen molar-refractivity contribution in [3.05, 3.63) is 10.2 Å². The molecule has 5 heavy (non-hydrogen) atoms. The maximum absolute atomic E-state index is 4.96. The molecule has 0 radical (unpaired) electrons. The molecular weight excluding hydrogens is 179 g/mol. The summed E-state index contributed by atoms with van der Waals surface area (Å²) in [5.74, 6) is 0. The topological polar surface area (TPSA) is 9.23 Å². The van der Waals surface area contributed by atoms with Crippen LogP contribution in [-0.4, -0.2) is 6.61 Å². The molecule has 1 nitrogen and oxygen atoms in total. The van der Waals surface area contributed by atoms with Gasteiger partial charge >= 0.3 is 41.5 Å². The van der Waals surface area contributed by atoms with E-state index >= 15 is 0 Å². The minimum atomic E-state index is -0.0761. The summed E-state index contributed by atoms with van der Waals surface area (Å²) in [6, 6.07) is 0. The molecule has 0 aromatic carbocycles. The summed E-state index contributed by atoms with van der Waals surface area (Å²) in [6.07, 6.45) is 2.07. The first-order chi connectivity index (χ1) is 2.50. The first kappa shape index (κ1) is 3.61. The molecule has 0 atom stereocenters. The van der Waals surface area contributed by atoms with Crippen LogP contribution >= 0.6 is 21.6 Å². The monoisotopic (exact) mass is 184 g/mol. The van der Waals surface area contributed by atoms with Gasteiger partial charge in [-0.05, 0) is 0 Å². The van der Waals surface area contributed by atoms with Crippen LogP contribution in [0.25, 0.3) is 0 Å². The molecule has 1 rings (SSSR count). The average Bonchev–Trinajstić information content (AvgIpc) is 1.76. The summed E-state index contributed by atoms with van der Waals surface area (Å²) in [7, 11) is 0. The Balaban J connectivity index is 2.32. The molecule has 0 N–H and O–H groups in total. The van der Waals surface area contributed by atoms with Crippen molar-refractivity contribution < 1.29 is 3.07 Å². The van der Waals surface area contributed by atoms with Gasteiger partial charge in [0.05, 0.1) is 0 Å². The van der Waals surface area contributed by atoms with Crippen LogP contribution in [0.15, 0.2) is 10.2 Å². The maximum atomic E-state index is 4.96. The van der Waals surface area contributed by atoms with Gasteiger partial charge in [0.1, 0.15) is 0 Å². The third kappa shape index (κ3) is 0.887. The molecule has 0 aromatic heterocycles. The first-order valence-corrected chi connectivity index (χ1v) is 3.73. The Morgan fingerprint density at radius 2 is 2.80 bits per heavy atom. The van der Waals surface area contributed by atoms with Crippen molar-refractivity contribution in [1.29, 1.82) is 0 Å². The van der Waals surface area contributed by atoms with Crippen LogP contribution in [0.5, 0.6) is 0 Å². The van der Waals surface area contributed by atoms with Gasteiger partial charge in [0, 0.05) is 0 Å². The Kier molecular flexibility index (Phi) is 1.28. The van der Waals surface area contributed by atoms with Crippen molar-refractivity contribution in [2.75, 3.05) is 6.61 Å². The van der Waals surface area contributed by atoms with Gasteiger partial charge in [-0.2, -0.15) is 0 Å². The first-order valence-electron chi connectivity index (χ1n) is 1.43. The number of hydrogen-bond donors (Lipinski definition) is 0. The quantitative estimate of drug-likeness (QED) is 0.513. The molecule has 1 heterocycles. The standard InChI is InChI=1S/C3H5IO/c1-2-4-5-3-1/h1-2,4H,3H2. The van der Waals surface area contributed by atoms with E-state index < -0.39 is 0 Å². The molecule has 0 unspecified atom stereocenters. The normalized spacial score (nSPS) is 22.4. The zero-order chi connectivity index (χ0) is 3.54. The fraction of sp³-hybridized carbons (Fsp3) is 0.333. The second kappa shape index (κ2) is 1.77. The van der Waals surface area contributed by atoms with Gasteiger partial charge < -0.3 is 0 Å². The fourth-order valence-corrected chi connectivity index (χ4v) is 1.32. The Bertz CT molecular complexity index is 44.9. The Labute approximate surface area is 41.8 Å². The van der Waals surface area contributed by atoms with Crippen LogP contribution in [0.2, 0.25) is 0 Å². The Hall–Kier alpha value is 0.430. The zero-order valence-electron chi connectivity index (χ0n) is 2.68. The van der Waals surface area contributed by atoms with E-state index in [9.17, 15) is 0 Å². The van der Waals surface area contributed by atoms with E-state index in [1.165, 1.54) is 0 Å². The van der Waals surface area contributed by atoms with Crippen LogP contribution in [-0.2, 0) is 3.07 Å². The zero-order valence-corrected chi connectivity index (χ0v) is 5.01. The van der Waals surface area contributed by atoms with Crippen molar-refractivity contribution in [1.82, 2.24) is 0 Å². The van der Waals surface area contributed by atoms with Crippen molar-refractivity contribution in [3.8, 4) is 0 Å². The molecule has 0 spiro atoms. The molecule has 0 bridgehead atoms. The van der Waals surface area contributed by atoms with Crippen LogP contribution in [0.4, 0.5) is 0 Å². The van der Waals surface area contributed by atoms with Crippen LogP contribution in [0.1, 0.15) is 0 Å². The third-order valence-corrected chi connectivity index (χ3v) is 2.03. The van der Waals surface area contributed by atoms with E-state index in [2.05, 4.69) is 10.2 Å². The van der Waals surface area contributed by atoms with E-state index in [0.717, 1.165) is 6.61 Å². The predicted molar refractivity (Wildman–Crippen MR) is 30.5 cm³/mol. The molecule has 0 saturated heterocycles. The van der Waals surface area contributed by atoms with Gasteiger partial charge in [-0.15, -0.1) is 0 Å². The number of halogens is 1. The molecular formula is C3H5IO. The summed E-state index contributed by atoms with van der Waals surface area (Å²) < 4.78 is 7.11. The SMILES string of the molecule is C1=C[IH]OC1. The fourth-order valence-electron chi connectivity index (χ4n) is 0.196. The molecule has 30 valence electrons. The van der Waals surface area contributed by atoms with Gasteiger partial charge in [0.15, 0.2) is 0 Å². The van der Waals surface area contributed by atoms with Crippen LogP contribution < -0.4 is 0 Å². The second-order valence-electron chi connectivity index (χ2n) is 0.753. The third-order valence-electron chi connectivity index (χ3n) is 0.384. The molecule has 0 aliphatic carbocycles. The molecule has 0 fully saturated rings. The average molecular weight is 184 g/mol. The van der Waals surface area contributed by atoms with Crippen LogP contribution in [0, 0.1) is 0 Å². The van der Waals surface area contributed by atoms with Crippen molar-refractivity contribution >= 4 is 21.6 Å². The molecule has 1 aliphatic rings. The van der Waals surface area contributed by atoms with Gasteiger partial charge in [-0.1, -0.05) is 0 Å². The summed E-state index contributed by atoms with van der Waals surface area (Å²) in [6.45, 7) is 0.877. The second-order valence-corrected chi connectivity index (χ2v) is 2.75. The Morgan fingerprint density at radius 1 is 1.80 bits per heavy atom. The van der Waals surface area contributed by atoms with Gasteiger partial charge in [-0.3, -0.25) is 0 Å². The van der Waals surface area contributed by atoms with Crippen molar-refractivity contribution in [3.63, 3.8) is 0 Å². The van der Waals surface area contributed by atoms with E-state index in [4.69, 9.17) is 3.07 Å². The molecule has 1 aliphatic heterocycles. The van der Waals surface area contributed by atoms with Gasteiger partial charge in [-0.25, -0.2) is 0 Å². The predicted octanol–water partition coefficient (Wildman–Crippen LogP) is 1.15. The van der Waals surface area contributed by atoms with Crippen molar-refractivity contribution in [2.45, 2.75) is 0 Å². The number of hydrogen-bond acceptors (Lipinski definition) is 1. The molecule has 0 amide bonds. The minimum absolute atomic E-state index is 0.0761. The summed E-state index contributed by atoms with van der Waals surface area (Å²) in [4.78, 5) is 0. The molecule has 0 aromatic rings. The van der Waals surface area contributed by atoms with E-state index in [1.54, 1.807) is 0 Å². The Morgan fingerprint density at radius 3 is 3.00 bits per heavy atom. The van der Waals surface area contributed by atoms with E-state index in [1.807, 2.05) is 0 Å². The number of rotatable bonds is 0. The van der Waals surface area contributed by atoms with E-state index in [-0.39, 0.29) is 21.6 Å². The van der Waals surface area contributed by atoms with Gasteiger partial charge in [0.25, 0.3) is 0 Å². The van der Waals surface area contributed by atoms with Gasteiger partial charge in [0.2, 0.25) is 0 Å². The van der Waals surface area contributed by atoms with E-state index in [0.29, 0.717) is 0 Å². The van der Waals surface area contributed by atoms with Crippen molar-refractivity contribution in [2.24, 2.45) is 0 Å². The molecule has 0 saturated carbocycles.